The van der Waals surface area contributed by atoms with Crippen LogP contribution in [-0.2, 0) is 16.0 Å². The molecule has 0 aliphatic carbocycles. The molecule has 0 radical (unpaired) electrons. The van der Waals surface area contributed by atoms with E-state index >= 15 is 0 Å². The van der Waals surface area contributed by atoms with E-state index < -0.39 is 0 Å². The number of aryl methyl sites for hydroxylation is 1. The van der Waals surface area contributed by atoms with Crippen molar-refractivity contribution >= 4 is 5.91 Å². The average Bonchev–Trinajstić information content (AvgIpc) is 2.61. The Balaban J connectivity index is 1.74. The summed E-state index contributed by atoms with van der Waals surface area (Å²) in [4.78, 5) is 20.8. The standard InChI is InChI=1S/C21H27N3O2/c1-16-11-18(12-17-7-5-4-6-8-17)13-19(22-16)20-14-24(9-10-26-20)21(25)15-23(2)3/h4-8,11,13,20H,9-10,12,14-15H2,1-3H3. The summed E-state index contributed by atoms with van der Waals surface area (Å²) in [5.74, 6) is 0.139. The van der Waals surface area contributed by atoms with Gasteiger partial charge in [0.25, 0.3) is 0 Å². The molecule has 1 atom stereocenters. The molecule has 5 nitrogen and oxygen atoms in total. The fraction of sp³-hybridized carbons (Fsp3) is 0.429. The number of morpholine rings is 1. The number of benzene rings is 1. The predicted octanol–water partition coefficient (Wildman–Crippen LogP) is 2.44. The number of amides is 1. The van der Waals surface area contributed by atoms with Crippen molar-refractivity contribution in [2.24, 2.45) is 0 Å². The Morgan fingerprint density at radius 2 is 2.00 bits per heavy atom. The maximum Gasteiger partial charge on any atom is 0.236 e. The van der Waals surface area contributed by atoms with E-state index in [9.17, 15) is 4.79 Å². The van der Waals surface area contributed by atoms with Crippen molar-refractivity contribution in [1.29, 1.82) is 0 Å². The summed E-state index contributed by atoms with van der Waals surface area (Å²) < 4.78 is 5.94. The van der Waals surface area contributed by atoms with Crippen LogP contribution in [0.1, 0.15) is 28.6 Å². The smallest absolute Gasteiger partial charge is 0.236 e. The lowest BCUT2D eigenvalue weighted by Gasteiger charge is -2.33. The molecule has 1 aromatic heterocycles. The summed E-state index contributed by atoms with van der Waals surface area (Å²) in [6, 6.07) is 14.6. The van der Waals surface area contributed by atoms with Crippen molar-refractivity contribution in [1.82, 2.24) is 14.8 Å². The number of ether oxygens (including phenoxy) is 1. The molecular weight excluding hydrogens is 326 g/mol. The summed E-state index contributed by atoms with van der Waals surface area (Å²) in [6.07, 6.45) is 0.706. The van der Waals surface area contributed by atoms with Gasteiger partial charge in [0.15, 0.2) is 0 Å². The lowest BCUT2D eigenvalue weighted by atomic mass is 10.0. The molecule has 2 aromatic rings. The second-order valence-corrected chi connectivity index (χ2v) is 7.14. The Morgan fingerprint density at radius 3 is 2.73 bits per heavy atom. The molecule has 2 heterocycles. The number of likely N-dealkylation sites (N-methyl/N-ethyl adjacent to an activating group) is 1. The topological polar surface area (TPSA) is 45.7 Å². The highest BCUT2D eigenvalue weighted by Gasteiger charge is 2.26. The molecule has 0 N–H and O–H groups in total. The van der Waals surface area contributed by atoms with Crippen LogP contribution in [0.15, 0.2) is 42.5 Å². The van der Waals surface area contributed by atoms with Gasteiger partial charge in [-0.3, -0.25) is 9.78 Å². The summed E-state index contributed by atoms with van der Waals surface area (Å²) in [7, 11) is 3.82. The average molecular weight is 353 g/mol. The minimum atomic E-state index is -0.163. The molecule has 5 heteroatoms. The third-order valence-corrected chi connectivity index (χ3v) is 4.48. The Kier molecular flexibility index (Phi) is 6.01. The van der Waals surface area contributed by atoms with Gasteiger partial charge in [-0.15, -0.1) is 0 Å². The van der Waals surface area contributed by atoms with Gasteiger partial charge in [-0.1, -0.05) is 30.3 Å². The highest BCUT2D eigenvalue weighted by molar-refractivity contribution is 5.78. The van der Waals surface area contributed by atoms with Gasteiger partial charge in [-0.2, -0.15) is 0 Å². The Bertz CT molecular complexity index is 746. The van der Waals surface area contributed by atoms with E-state index in [1.54, 1.807) is 0 Å². The van der Waals surface area contributed by atoms with Crippen LogP contribution in [-0.4, -0.2) is 61.0 Å². The molecule has 1 saturated heterocycles. The van der Waals surface area contributed by atoms with E-state index in [4.69, 9.17) is 4.74 Å². The molecule has 0 saturated carbocycles. The summed E-state index contributed by atoms with van der Waals surface area (Å²) in [5.41, 5.74) is 4.39. The van der Waals surface area contributed by atoms with Gasteiger partial charge in [0.05, 0.1) is 25.4 Å². The zero-order chi connectivity index (χ0) is 18.5. The molecule has 1 aliphatic heterocycles. The Hall–Kier alpha value is -2.24. The highest BCUT2D eigenvalue weighted by atomic mass is 16.5. The van der Waals surface area contributed by atoms with Crippen molar-refractivity contribution in [3.63, 3.8) is 0 Å². The summed E-state index contributed by atoms with van der Waals surface area (Å²) in [6.45, 7) is 4.19. The predicted molar refractivity (Wildman–Crippen MR) is 102 cm³/mol. The maximum atomic E-state index is 12.4. The molecule has 1 aromatic carbocycles. The number of aromatic nitrogens is 1. The number of hydrogen-bond donors (Lipinski definition) is 0. The van der Waals surface area contributed by atoms with Crippen molar-refractivity contribution in [3.05, 3.63) is 65.0 Å². The van der Waals surface area contributed by atoms with E-state index in [0.29, 0.717) is 26.2 Å². The highest BCUT2D eigenvalue weighted by Crippen LogP contribution is 2.23. The molecular formula is C21H27N3O2. The van der Waals surface area contributed by atoms with Crippen molar-refractivity contribution in [3.8, 4) is 0 Å². The van der Waals surface area contributed by atoms with Gasteiger partial charge in [0.2, 0.25) is 5.91 Å². The molecule has 0 spiro atoms. The number of pyridine rings is 1. The monoisotopic (exact) mass is 353 g/mol. The van der Waals surface area contributed by atoms with Gasteiger partial charge < -0.3 is 14.5 Å². The van der Waals surface area contributed by atoms with Crippen molar-refractivity contribution in [2.45, 2.75) is 19.4 Å². The molecule has 1 unspecified atom stereocenters. The first-order valence-electron chi connectivity index (χ1n) is 9.07. The summed E-state index contributed by atoms with van der Waals surface area (Å²) in [5, 5.41) is 0. The first-order valence-corrected chi connectivity index (χ1v) is 9.07. The number of rotatable bonds is 5. The molecule has 1 aliphatic rings. The fourth-order valence-corrected chi connectivity index (χ4v) is 3.29. The maximum absolute atomic E-state index is 12.4. The molecule has 0 bridgehead atoms. The van der Waals surface area contributed by atoms with Gasteiger partial charge >= 0.3 is 0 Å². The summed E-state index contributed by atoms with van der Waals surface area (Å²) >= 11 is 0. The van der Waals surface area contributed by atoms with E-state index in [-0.39, 0.29) is 12.0 Å². The van der Waals surface area contributed by atoms with Crippen molar-refractivity contribution < 1.29 is 9.53 Å². The quantitative estimate of drug-likeness (QED) is 0.828. The third-order valence-electron chi connectivity index (χ3n) is 4.48. The molecule has 3 rings (SSSR count). The van der Waals surface area contributed by atoms with Crippen LogP contribution < -0.4 is 0 Å². The van der Waals surface area contributed by atoms with Crippen molar-refractivity contribution in [2.75, 3.05) is 40.3 Å². The number of carbonyl (C=O) groups excluding carboxylic acids is 1. The minimum absolute atomic E-state index is 0.139. The van der Waals surface area contributed by atoms with E-state index in [1.165, 1.54) is 11.1 Å². The minimum Gasteiger partial charge on any atom is -0.368 e. The van der Waals surface area contributed by atoms with Gasteiger partial charge in [-0.25, -0.2) is 0 Å². The van der Waals surface area contributed by atoms with E-state index in [0.717, 1.165) is 17.8 Å². The van der Waals surface area contributed by atoms with Crippen LogP contribution in [0.4, 0.5) is 0 Å². The number of hydrogen-bond acceptors (Lipinski definition) is 4. The second-order valence-electron chi connectivity index (χ2n) is 7.14. The lowest BCUT2D eigenvalue weighted by molar-refractivity contribution is -0.139. The van der Waals surface area contributed by atoms with Crippen LogP contribution >= 0.6 is 0 Å². The van der Waals surface area contributed by atoms with E-state index in [2.05, 4.69) is 41.4 Å². The van der Waals surface area contributed by atoms with Crippen LogP contribution in [0, 0.1) is 6.92 Å². The molecule has 1 fully saturated rings. The number of carbonyl (C=O) groups is 1. The third kappa shape index (κ3) is 4.90. The van der Waals surface area contributed by atoms with E-state index in [1.807, 2.05) is 36.9 Å². The molecule has 1 amide bonds. The van der Waals surface area contributed by atoms with Crippen LogP contribution in [0.2, 0.25) is 0 Å². The number of nitrogens with zero attached hydrogens (tertiary/aromatic N) is 3. The largest absolute Gasteiger partial charge is 0.368 e. The second kappa shape index (κ2) is 8.43. The van der Waals surface area contributed by atoms with Crippen LogP contribution in [0.5, 0.6) is 0 Å². The first-order chi connectivity index (χ1) is 12.5. The zero-order valence-corrected chi connectivity index (χ0v) is 15.8. The lowest BCUT2D eigenvalue weighted by Crippen LogP contribution is -2.45. The normalized spacial score (nSPS) is 17.5. The van der Waals surface area contributed by atoms with Crippen LogP contribution in [0.3, 0.4) is 0 Å². The first kappa shape index (κ1) is 18.5. The fourth-order valence-electron chi connectivity index (χ4n) is 3.29. The van der Waals surface area contributed by atoms with Gasteiger partial charge in [0.1, 0.15) is 6.10 Å². The Labute approximate surface area is 155 Å². The molecule has 138 valence electrons. The molecule has 26 heavy (non-hydrogen) atoms. The Morgan fingerprint density at radius 1 is 1.23 bits per heavy atom. The van der Waals surface area contributed by atoms with Gasteiger partial charge in [-0.05, 0) is 50.7 Å². The SMILES string of the molecule is Cc1cc(Cc2ccccc2)cc(C2CN(C(=O)CN(C)C)CCO2)n1. The van der Waals surface area contributed by atoms with Gasteiger partial charge in [0, 0.05) is 12.2 Å². The zero-order valence-electron chi connectivity index (χ0n) is 15.8. The van der Waals surface area contributed by atoms with Crippen LogP contribution in [0.25, 0.3) is 0 Å².